The summed E-state index contributed by atoms with van der Waals surface area (Å²) in [7, 11) is 0. The zero-order chi connectivity index (χ0) is 17.1. The van der Waals surface area contributed by atoms with Crippen LogP contribution in [0.2, 0.25) is 0 Å². The molecule has 2 fully saturated rings. The van der Waals surface area contributed by atoms with Crippen LogP contribution < -0.4 is 16.0 Å². The van der Waals surface area contributed by atoms with E-state index in [0.717, 1.165) is 25.1 Å². The molecule has 0 saturated carbocycles. The Morgan fingerprint density at radius 2 is 2.00 bits per heavy atom. The summed E-state index contributed by atoms with van der Waals surface area (Å²) in [6.07, 6.45) is 1.82. The van der Waals surface area contributed by atoms with Crippen molar-refractivity contribution in [2.75, 3.05) is 13.1 Å². The molecule has 3 atom stereocenters. The van der Waals surface area contributed by atoms with E-state index in [1.54, 1.807) is 12.1 Å². The van der Waals surface area contributed by atoms with Crippen LogP contribution in [0, 0.1) is 11.8 Å². The van der Waals surface area contributed by atoms with E-state index in [9.17, 15) is 14.4 Å². The molecule has 0 aromatic heterocycles. The van der Waals surface area contributed by atoms with Crippen LogP contribution in [0.1, 0.15) is 35.7 Å². The van der Waals surface area contributed by atoms with E-state index in [1.807, 2.05) is 12.1 Å². The van der Waals surface area contributed by atoms with Crippen molar-refractivity contribution in [1.29, 1.82) is 0 Å². The Bertz CT molecular complexity index is 641. The van der Waals surface area contributed by atoms with Gasteiger partial charge >= 0.3 is 0 Å². The molecule has 3 rings (SSSR count). The van der Waals surface area contributed by atoms with Crippen molar-refractivity contribution in [2.45, 2.75) is 32.2 Å². The van der Waals surface area contributed by atoms with Crippen molar-refractivity contribution in [1.82, 2.24) is 16.0 Å². The maximum absolute atomic E-state index is 12.4. The van der Waals surface area contributed by atoms with E-state index in [4.69, 9.17) is 0 Å². The Labute approximate surface area is 141 Å². The number of benzene rings is 1. The first-order chi connectivity index (χ1) is 11.5. The van der Waals surface area contributed by atoms with Gasteiger partial charge in [-0.1, -0.05) is 19.1 Å². The molecule has 1 aromatic rings. The van der Waals surface area contributed by atoms with Gasteiger partial charge in [0.15, 0.2) is 0 Å². The van der Waals surface area contributed by atoms with Crippen molar-refractivity contribution in [3.8, 4) is 0 Å². The molecule has 0 bridgehead atoms. The Kier molecular flexibility index (Phi) is 4.94. The maximum atomic E-state index is 12.4. The van der Waals surface area contributed by atoms with Gasteiger partial charge in [-0.2, -0.15) is 0 Å². The number of hydrogen-bond acceptors (Lipinski definition) is 4. The summed E-state index contributed by atoms with van der Waals surface area (Å²) in [5.74, 6) is -0.327. The van der Waals surface area contributed by atoms with Gasteiger partial charge in [0.1, 0.15) is 0 Å². The fraction of sp³-hybridized carbons (Fsp3) is 0.500. The third kappa shape index (κ3) is 3.82. The van der Waals surface area contributed by atoms with Crippen LogP contribution in [0.5, 0.6) is 0 Å². The van der Waals surface area contributed by atoms with Crippen molar-refractivity contribution >= 4 is 17.7 Å². The molecule has 3 amide bonds. The van der Waals surface area contributed by atoms with Gasteiger partial charge in [0.05, 0.1) is 5.92 Å². The SMILES string of the molecule is CC1CCNCC1NC(=O)c1ccc(CC2CC(=O)NC2=O)cc1. The van der Waals surface area contributed by atoms with Gasteiger partial charge in [-0.15, -0.1) is 0 Å². The second-order valence-electron chi connectivity index (χ2n) is 6.76. The molecule has 1 aromatic carbocycles. The van der Waals surface area contributed by atoms with Crippen LogP contribution in [-0.2, 0) is 16.0 Å². The number of hydrogen-bond donors (Lipinski definition) is 3. The molecule has 6 nitrogen and oxygen atoms in total. The molecule has 0 radical (unpaired) electrons. The lowest BCUT2D eigenvalue weighted by molar-refractivity contribution is -0.125. The van der Waals surface area contributed by atoms with Gasteiger partial charge in [-0.25, -0.2) is 0 Å². The molecule has 2 aliphatic rings. The summed E-state index contributed by atoms with van der Waals surface area (Å²) >= 11 is 0. The standard InChI is InChI=1S/C18H23N3O3/c1-11-6-7-19-10-15(11)20-17(23)13-4-2-12(3-5-13)8-14-9-16(22)21-18(14)24/h2-5,11,14-15,19H,6-10H2,1H3,(H,20,23)(H,21,22,24). The van der Waals surface area contributed by atoms with Gasteiger partial charge in [0, 0.05) is 24.6 Å². The third-order valence-electron chi connectivity index (χ3n) is 4.91. The topological polar surface area (TPSA) is 87.3 Å². The number of carbonyl (C=O) groups is 3. The summed E-state index contributed by atoms with van der Waals surface area (Å²) in [5, 5.41) is 8.70. The highest BCUT2D eigenvalue weighted by molar-refractivity contribution is 6.03. The van der Waals surface area contributed by atoms with Gasteiger partial charge in [0.25, 0.3) is 5.91 Å². The highest BCUT2D eigenvalue weighted by Crippen LogP contribution is 2.18. The van der Waals surface area contributed by atoms with Gasteiger partial charge in [-0.05, 0) is 43.0 Å². The lowest BCUT2D eigenvalue weighted by Crippen LogP contribution is -2.50. The first-order valence-electron chi connectivity index (χ1n) is 8.47. The predicted octanol–water partition coefficient (Wildman–Crippen LogP) is 0.620. The van der Waals surface area contributed by atoms with Crippen LogP contribution in [-0.4, -0.2) is 36.9 Å². The van der Waals surface area contributed by atoms with E-state index >= 15 is 0 Å². The monoisotopic (exact) mass is 329 g/mol. The smallest absolute Gasteiger partial charge is 0.251 e. The van der Waals surface area contributed by atoms with E-state index in [2.05, 4.69) is 22.9 Å². The second kappa shape index (κ2) is 7.13. The van der Waals surface area contributed by atoms with E-state index < -0.39 is 0 Å². The van der Waals surface area contributed by atoms with Crippen LogP contribution in [0.15, 0.2) is 24.3 Å². The lowest BCUT2D eigenvalue weighted by Gasteiger charge is -2.30. The fourth-order valence-electron chi connectivity index (χ4n) is 3.28. The number of piperidine rings is 1. The van der Waals surface area contributed by atoms with Crippen LogP contribution >= 0.6 is 0 Å². The Morgan fingerprint density at radius 1 is 1.25 bits per heavy atom. The molecule has 2 aliphatic heterocycles. The molecule has 3 N–H and O–H groups in total. The zero-order valence-corrected chi connectivity index (χ0v) is 13.8. The molecule has 2 heterocycles. The minimum atomic E-state index is -0.300. The Morgan fingerprint density at radius 3 is 2.62 bits per heavy atom. The van der Waals surface area contributed by atoms with Gasteiger partial charge in [-0.3, -0.25) is 19.7 Å². The maximum Gasteiger partial charge on any atom is 0.251 e. The molecular weight excluding hydrogens is 306 g/mol. The molecule has 0 aliphatic carbocycles. The number of amides is 3. The number of carbonyl (C=O) groups excluding carboxylic acids is 3. The zero-order valence-electron chi connectivity index (χ0n) is 13.8. The molecular formula is C18H23N3O3. The van der Waals surface area contributed by atoms with Crippen molar-refractivity contribution in [3.63, 3.8) is 0 Å². The van der Waals surface area contributed by atoms with E-state index in [0.29, 0.717) is 17.9 Å². The highest BCUT2D eigenvalue weighted by Gasteiger charge is 2.30. The van der Waals surface area contributed by atoms with Crippen LogP contribution in [0.4, 0.5) is 0 Å². The summed E-state index contributed by atoms with van der Waals surface area (Å²) < 4.78 is 0. The quantitative estimate of drug-likeness (QED) is 0.707. The normalized spacial score (nSPS) is 27.0. The minimum Gasteiger partial charge on any atom is -0.348 e. The minimum absolute atomic E-state index is 0.0733. The molecule has 2 saturated heterocycles. The first-order valence-corrected chi connectivity index (χ1v) is 8.47. The van der Waals surface area contributed by atoms with Crippen molar-refractivity contribution < 1.29 is 14.4 Å². The number of imide groups is 1. The van der Waals surface area contributed by atoms with Crippen molar-refractivity contribution in [2.24, 2.45) is 11.8 Å². The van der Waals surface area contributed by atoms with E-state index in [-0.39, 0.29) is 36.1 Å². The largest absolute Gasteiger partial charge is 0.348 e. The molecule has 0 spiro atoms. The first kappa shape index (κ1) is 16.6. The average Bonchev–Trinajstić information content (AvgIpc) is 2.88. The highest BCUT2D eigenvalue weighted by atomic mass is 16.2. The Balaban J connectivity index is 1.58. The average molecular weight is 329 g/mol. The molecule has 128 valence electrons. The summed E-state index contributed by atoms with van der Waals surface area (Å²) in [6.45, 7) is 3.96. The predicted molar refractivity (Wildman–Crippen MR) is 89.3 cm³/mol. The Hall–Kier alpha value is -2.21. The second-order valence-corrected chi connectivity index (χ2v) is 6.76. The summed E-state index contributed by atoms with van der Waals surface area (Å²) in [4.78, 5) is 35.2. The number of rotatable bonds is 4. The lowest BCUT2D eigenvalue weighted by atomic mass is 9.94. The molecule has 6 heteroatoms. The summed E-state index contributed by atoms with van der Waals surface area (Å²) in [6, 6.07) is 7.42. The van der Waals surface area contributed by atoms with Crippen molar-refractivity contribution in [3.05, 3.63) is 35.4 Å². The number of nitrogens with one attached hydrogen (secondary N) is 3. The van der Waals surface area contributed by atoms with E-state index in [1.165, 1.54) is 0 Å². The fourth-order valence-corrected chi connectivity index (χ4v) is 3.28. The summed E-state index contributed by atoms with van der Waals surface area (Å²) in [5.41, 5.74) is 1.57. The molecule has 3 unspecified atom stereocenters. The van der Waals surface area contributed by atoms with Crippen LogP contribution in [0.25, 0.3) is 0 Å². The van der Waals surface area contributed by atoms with Gasteiger partial charge < -0.3 is 10.6 Å². The van der Waals surface area contributed by atoms with Crippen LogP contribution in [0.3, 0.4) is 0 Å². The van der Waals surface area contributed by atoms with Gasteiger partial charge in [0.2, 0.25) is 11.8 Å². The third-order valence-corrected chi connectivity index (χ3v) is 4.91. The molecule has 24 heavy (non-hydrogen) atoms.